The maximum absolute atomic E-state index is 13.1. The molecule has 0 aliphatic carbocycles. The molecule has 0 bridgehead atoms. The van der Waals surface area contributed by atoms with Crippen LogP contribution in [0.5, 0.6) is 0 Å². The predicted octanol–water partition coefficient (Wildman–Crippen LogP) is 7.37. The number of esters is 1. The summed E-state index contributed by atoms with van der Waals surface area (Å²) in [5.41, 5.74) is 2.98. The zero-order valence-electron chi connectivity index (χ0n) is 18.2. The van der Waals surface area contributed by atoms with Crippen molar-refractivity contribution in [3.05, 3.63) is 100 Å². The fraction of sp³-hybridized carbons (Fsp3) is 0.143. The maximum Gasteiger partial charge on any atom is 0.344 e. The third kappa shape index (κ3) is 3.93. The van der Waals surface area contributed by atoms with Crippen molar-refractivity contribution in [1.82, 2.24) is 5.16 Å². The number of halogens is 1. The van der Waals surface area contributed by atoms with Crippen LogP contribution in [0.2, 0.25) is 0 Å². The molecule has 5 heteroatoms. The van der Waals surface area contributed by atoms with Crippen LogP contribution in [0.25, 0.3) is 32.8 Å². The maximum atomic E-state index is 13.1. The van der Waals surface area contributed by atoms with E-state index in [4.69, 9.17) is 9.26 Å². The van der Waals surface area contributed by atoms with Gasteiger partial charge in [-0.2, -0.15) is 0 Å². The molecular weight excluding hydrogens is 478 g/mol. The van der Waals surface area contributed by atoms with Crippen LogP contribution in [-0.2, 0) is 17.6 Å². The zero-order valence-corrected chi connectivity index (χ0v) is 19.8. The number of ether oxygens (including phenoxy) is 1. The number of hydrogen-bond donors (Lipinski definition) is 0. The van der Waals surface area contributed by atoms with Gasteiger partial charge in [-0.3, -0.25) is 0 Å². The van der Waals surface area contributed by atoms with Gasteiger partial charge in [0, 0.05) is 16.5 Å². The van der Waals surface area contributed by atoms with Crippen molar-refractivity contribution in [1.29, 1.82) is 0 Å². The highest BCUT2D eigenvalue weighted by Gasteiger charge is 2.28. The fourth-order valence-electron chi connectivity index (χ4n) is 4.31. The zero-order chi connectivity index (χ0) is 22.8. The van der Waals surface area contributed by atoms with Gasteiger partial charge in [-0.05, 0) is 56.4 Å². The van der Waals surface area contributed by atoms with E-state index in [2.05, 4.69) is 57.5 Å². The van der Waals surface area contributed by atoms with Gasteiger partial charge in [0.05, 0.1) is 6.61 Å². The van der Waals surface area contributed by atoms with Crippen LogP contribution < -0.4 is 0 Å². The standard InChI is InChI=1S/C28H22BrNO3/c1-2-32-28(31)25-23(17-16-18-10-4-3-5-11-18)33-30-27(25)24-19-12-6-8-14-21(19)26(29)22-15-9-7-13-20(22)24/h3-15H,2,16-17H2,1H3. The third-order valence-corrected chi connectivity index (χ3v) is 6.68. The number of benzene rings is 4. The number of aryl methyl sites for hydroxylation is 2. The first kappa shape index (κ1) is 21.4. The quantitative estimate of drug-likeness (QED) is 0.180. The SMILES string of the molecule is CCOC(=O)c1c(-c2c3ccccc3c(Br)c3ccccc23)noc1CCc1ccccc1. The Hall–Kier alpha value is -3.44. The van der Waals surface area contributed by atoms with Crippen molar-refractivity contribution in [2.45, 2.75) is 19.8 Å². The second-order valence-electron chi connectivity index (χ2n) is 7.82. The van der Waals surface area contributed by atoms with Gasteiger partial charge >= 0.3 is 5.97 Å². The van der Waals surface area contributed by atoms with E-state index in [1.165, 1.54) is 5.56 Å². The number of carbonyl (C=O) groups is 1. The molecule has 0 aliphatic heterocycles. The molecule has 0 fully saturated rings. The van der Waals surface area contributed by atoms with Crippen LogP contribution in [0.3, 0.4) is 0 Å². The Kier molecular flexibility index (Phi) is 5.97. The smallest absolute Gasteiger partial charge is 0.344 e. The molecule has 0 saturated heterocycles. The molecule has 0 atom stereocenters. The molecule has 1 aromatic heterocycles. The van der Waals surface area contributed by atoms with E-state index in [0.29, 0.717) is 23.4 Å². The minimum atomic E-state index is -0.409. The highest BCUT2D eigenvalue weighted by atomic mass is 79.9. The molecular formula is C28H22BrNO3. The third-order valence-electron chi connectivity index (χ3n) is 5.83. The largest absolute Gasteiger partial charge is 0.462 e. The summed E-state index contributed by atoms with van der Waals surface area (Å²) in [5.74, 6) is 0.135. The van der Waals surface area contributed by atoms with Gasteiger partial charge in [0.15, 0.2) is 5.76 Å². The van der Waals surface area contributed by atoms with Gasteiger partial charge in [-0.25, -0.2) is 4.79 Å². The molecule has 5 rings (SSSR count). The number of aromatic nitrogens is 1. The van der Waals surface area contributed by atoms with Crippen LogP contribution in [0, 0.1) is 0 Å². The molecule has 1 heterocycles. The monoisotopic (exact) mass is 499 g/mol. The van der Waals surface area contributed by atoms with Crippen molar-refractivity contribution in [3.8, 4) is 11.3 Å². The summed E-state index contributed by atoms with van der Waals surface area (Å²) in [4.78, 5) is 13.1. The van der Waals surface area contributed by atoms with Crippen molar-refractivity contribution in [3.63, 3.8) is 0 Å². The van der Waals surface area contributed by atoms with Gasteiger partial charge < -0.3 is 9.26 Å². The lowest BCUT2D eigenvalue weighted by Gasteiger charge is -2.13. The van der Waals surface area contributed by atoms with E-state index in [1.54, 1.807) is 6.92 Å². The normalized spacial score (nSPS) is 11.2. The highest BCUT2D eigenvalue weighted by molar-refractivity contribution is 9.10. The minimum absolute atomic E-state index is 0.281. The Morgan fingerprint density at radius 2 is 1.42 bits per heavy atom. The van der Waals surface area contributed by atoms with Crippen LogP contribution in [0.1, 0.15) is 28.6 Å². The first-order chi connectivity index (χ1) is 16.2. The molecule has 0 aliphatic rings. The number of fused-ring (bicyclic) bond motifs is 2. The lowest BCUT2D eigenvalue weighted by atomic mass is 9.92. The number of hydrogen-bond acceptors (Lipinski definition) is 4. The van der Waals surface area contributed by atoms with Crippen molar-refractivity contribution < 1.29 is 14.1 Å². The van der Waals surface area contributed by atoms with E-state index >= 15 is 0 Å². The summed E-state index contributed by atoms with van der Waals surface area (Å²) in [6.45, 7) is 2.09. The topological polar surface area (TPSA) is 52.3 Å². The number of carbonyl (C=O) groups excluding carboxylic acids is 1. The summed E-state index contributed by atoms with van der Waals surface area (Å²) < 4.78 is 12.3. The van der Waals surface area contributed by atoms with Gasteiger partial charge in [0.25, 0.3) is 0 Å². The Balaban J connectivity index is 1.73. The van der Waals surface area contributed by atoms with Crippen LogP contribution in [-0.4, -0.2) is 17.7 Å². The molecule has 4 nitrogen and oxygen atoms in total. The summed E-state index contributed by atoms with van der Waals surface area (Å²) >= 11 is 3.78. The van der Waals surface area contributed by atoms with Crippen molar-refractivity contribution >= 4 is 43.4 Å². The lowest BCUT2D eigenvalue weighted by molar-refractivity contribution is 0.0524. The average molecular weight is 500 g/mol. The predicted molar refractivity (Wildman–Crippen MR) is 134 cm³/mol. The number of nitrogens with zero attached hydrogens (tertiary/aromatic N) is 1. The van der Waals surface area contributed by atoms with E-state index in [9.17, 15) is 4.79 Å². The Bertz CT molecular complexity index is 1400. The minimum Gasteiger partial charge on any atom is -0.462 e. The van der Waals surface area contributed by atoms with Gasteiger partial charge in [0.1, 0.15) is 11.3 Å². The molecule has 0 radical (unpaired) electrons. The van der Waals surface area contributed by atoms with E-state index in [-0.39, 0.29) is 6.61 Å². The molecule has 5 aromatic rings. The van der Waals surface area contributed by atoms with Crippen LogP contribution >= 0.6 is 15.9 Å². The molecule has 0 N–H and O–H groups in total. The van der Waals surface area contributed by atoms with E-state index < -0.39 is 5.97 Å². The Labute approximate surface area is 200 Å². The van der Waals surface area contributed by atoms with Gasteiger partial charge in [-0.1, -0.05) is 84.0 Å². The summed E-state index contributed by atoms with van der Waals surface area (Å²) in [6.07, 6.45) is 1.29. The Morgan fingerprint density at radius 3 is 2.03 bits per heavy atom. The molecule has 33 heavy (non-hydrogen) atoms. The van der Waals surface area contributed by atoms with E-state index in [0.717, 1.165) is 38.0 Å². The molecule has 0 saturated carbocycles. The fourth-order valence-corrected chi connectivity index (χ4v) is 5.00. The summed E-state index contributed by atoms with van der Waals surface area (Å²) in [6, 6.07) is 26.4. The first-order valence-corrected chi connectivity index (χ1v) is 11.8. The second kappa shape index (κ2) is 9.20. The van der Waals surface area contributed by atoms with Crippen molar-refractivity contribution in [2.75, 3.05) is 6.61 Å². The lowest BCUT2D eigenvalue weighted by Crippen LogP contribution is -2.09. The van der Waals surface area contributed by atoms with Gasteiger partial charge in [-0.15, -0.1) is 0 Å². The molecule has 0 spiro atoms. The average Bonchev–Trinajstić information content (AvgIpc) is 3.27. The van der Waals surface area contributed by atoms with Gasteiger partial charge in [0.2, 0.25) is 0 Å². The van der Waals surface area contributed by atoms with Crippen LogP contribution in [0.15, 0.2) is 87.9 Å². The summed E-state index contributed by atoms with van der Waals surface area (Å²) in [5, 5.41) is 8.54. The molecule has 0 amide bonds. The summed E-state index contributed by atoms with van der Waals surface area (Å²) in [7, 11) is 0. The highest BCUT2D eigenvalue weighted by Crippen LogP contribution is 2.42. The molecule has 0 unspecified atom stereocenters. The number of rotatable bonds is 6. The molecule has 164 valence electrons. The van der Waals surface area contributed by atoms with Crippen LogP contribution in [0.4, 0.5) is 0 Å². The van der Waals surface area contributed by atoms with E-state index in [1.807, 2.05) is 42.5 Å². The second-order valence-corrected chi connectivity index (χ2v) is 8.61. The first-order valence-electron chi connectivity index (χ1n) is 11.0. The molecule has 4 aromatic carbocycles. The van der Waals surface area contributed by atoms with Crippen molar-refractivity contribution in [2.24, 2.45) is 0 Å². The Morgan fingerprint density at radius 1 is 0.848 bits per heavy atom.